The van der Waals surface area contributed by atoms with Gasteiger partial charge in [0.25, 0.3) is 0 Å². The maximum atomic E-state index is 6.49. The zero-order valence-electron chi connectivity index (χ0n) is 28.8. The van der Waals surface area contributed by atoms with Gasteiger partial charge in [-0.1, -0.05) is 127 Å². The van der Waals surface area contributed by atoms with E-state index in [1.54, 1.807) is 0 Å². The lowest BCUT2D eigenvalue weighted by atomic mass is 9.97. The van der Waals surface area contributed by atoms with Crippen LogP contribution in [0.5, 0.6) is 0 Å². The molecule has 0 saturated heterocycles. The van der Waals surface area contributed by atoms with Crippen LogP contribution in [-0.4, -0.2) is 19.9 Å². The number of rotatable bonds is 5. The molecule has 0 radical (unpaired) electrons. The fraction of sp³-hybridized carbons (Fsp3) is 0. The highest BCUT2D eigenvalue weighted by Crippen LogP contribution is 2.41. The van der Waals surface area contributed by atoms with E-state index < -0.39 is 0 Å². The van der Waals surface area contributed by atoms with E-state index in [0.29, 0.717) is 28.9 Å². The first-order valence-corrected chi connectivity index (χ1v) is 17.9. The Hall–Kier alpha value is -7.44. The number of aromatic nitrogens is 4. The molecule has 0 saturated carbocycles. The van der Waals surface area contributed by atoms with Crippen molar-refractivity contribution in [2.45, 2.75) is 0 Å². The summed E-state index contributed by atoms with van der Waals surface area (Å²) in [5.74, 6) is 2.36. The van der Waals surface area contributed by atoms with Crippen molar-refractivity contribution < 1.29 is 8.83 Å². The number of nitrogens with zero attached hydrogens (tertiary/aromatic N) is 4. The third-order valence-electron chi connectivity index (χ3n) is 10.1. The first-order valence-electron chi connectivity index (χ1n) is 17.9. The van der Waals surface area contributed by atoms with Gasteiger partial charge in [-0.3, -0.25) is 0 Å². The van der Waals surface area contributed by atoms with Crippen molar-refractivity contribution in [2.75, 3.05) is 0 Å². The van der Waals surface area contributed by atoms with Crippen LogP contribution in [0, 0.1) is 0 Å². The van der Waals surface area contributed by atoms with Gasteiger partial charge in [-0.2, -0.15) is 0 Å². The molecule has 11 rings (SSSR count). The van der Waals surface area contributed by atoms with Crippen LogP contribution in [0.3, 0.4) is 0 Å². The smallest absolute Gasteiger partial charge is 0.227 e. The van der Waals surface area contributed by atoms with Crippen molar-refractivity contribution >= 4 is 54.6 Å². The van der Waals surface area contributed by atoms with Crippen LogP contribution < -0.4 is 0 Å². The lowest BCUT2D eigenvalue weighted by Crippen LogP contribution is -2.00. The van der Waals surface area contributed by atoms with Crippen LogP contribution in [0.1, 0.15) is 0 Å². The fourth-order valence-electron chi connectivity index (χ4n) is 7.55. The summed E-state index contributed by atoms with van der Waals surface area (Å²) in [6.07, 6.45) is 0. The second-order valence-corrected chi connectivity index (χ2v) is 13.4. The first kappa shape index (κ1) is 30.2. The summed E-state index contributed by atoms with van der Waals surface area (Å²) >= 11 is 0. The second-order valence-electron chi connectivity index (χ2n) is 13.4. The molecule has 0 aliphatic carbocycles. The predicted octanol–water partition coefficient (Wildman–Crippen LogP) is 12.6. The van der Waals surface area contributed by atoms with E-state index in [1.807, 2.05) is 78.9 Å². The van der Waals surface area contributed by atoms with Gasteiger partial charge in [0.1, 0.15) is 16.7 Å². The third-order valence-corrected chi connectivity index (χ3v) is 10.1. The van der Waals surface area contributed by atoms with Gasteiger partial charge in [0.2, 0.25) is 5.89 Å². The van der Waals surface area contributed by atoms with Crippen LogP contribution in [0.4, 0.5) is 0 Å². The van der Waals surface area contributed by atoms with E-state index >= 15 is 0 Å². The Bertz CT molecular complexity index is 3220. The van der Waals surface area contributed by atoms with E-state index in [1.165, 1.54) is 10.8 Å². The van der Waals surface area contributed by atoms with E-state index in [9.17, 15) is 0 Å². The van der Waals surface area contributed by atoms with Crippen LogP contribution in [0.2, 0.25) is 0 Å². The zero-order valence-corrected chi connectivity index (χ0v) is 28.8. The molecule has 3 heterocycles. The van der Waals surface area contributed by atoms with Crippen LogP contribution in [-0.2, 0) is 0 Å². The molecule has 0 unspecified atom stereocenters. The molecule has 0 aliphatic rings. The highest BCUT2D eigenvalue weighted by Gasteiger charge is 2.20. The highest BCUT2D eigenvalue weighted by molar-refractivity contribution is 6.25. The van der Waals surface area contributed by atoms with Gasteiger partial charge in [0.15, 0.2) is 23.1 Å². The molecule has 0 fully saturated rings. The van der Waals surface area contributed by atoms with Crippen molar-refractivity contribution in [2.24, 2.45) is 0 Å². The molecule has 0 aliphatic heterocycles. The summed E-state index contributed by atoms with van der Waals surface area (Å²) < 4.78 is 12.9. The highest BCUT2D eigenvalue weighted by atomic mass is 16.4. The van der Waals surface area contributed by atoms with Crippen LogP contribution in [0.15, 0.2) is 179 Å². The monoisotopic (exact) mass is 692 g/mol. The van der Waals surface area contributed by atoms with E-state index in [0.717, 1.165) is 71.6 Å². The lowest BCUT2D eigenvalue weighted by molar-refractivity contribution is 0.622. The van der Waals surface area contributed by atoms with Gasteiger partial charge in [-0.25, -0.2) is 19.9 Å². The van der Waals surface area contributed by atoms with E-state index in [2.05, 4.69) is 91.0 Å². The van der Waals surface area contributed by atoms with E-state index in [4.69, 9.17) is 28.8 Å². The average Bonchev–Trinajstić information content (AvgIpc) is 3.86. The van der Waals surface area contributed by atoms with Crippen LogP contribution in [0.25, 0.3) is 111 Å². The zero-order chi connectivity index (χ0) is 35.6. The molecule has 8 aromatic carbocycles. The molecular weight excluding hydrogens is 665 g/mol. The number of oxazole rings is 1. The maximum absolute atomic E-state index is 6.49. The molecule has 6 nitrogen and oxygen atoms in total. The minimum atomic E-state index is 0.573. The Balaban J connectivity index is 1.11. The third kappa shape index (κ3) is 4.96. The van der Waals surface area contributed by atoms with Gasteiger partial charge < -0.3 is 8.83 Å². The Morgan fingerprint density at radius 2 is 0.944 bits per heavy atom. The van der Waals surface area contributed by atoms with Crippen molar-refractivity contribution in [3.05, 3.63) is 170 Å². The summed E-state index contributed by atoms with van der Waals surface area (Å²) in [5.41, 5.74) is 8.86. The molecule has 0 amide bonds. The number of furan rings is 1. The Kier molecular flexibility index (Phi) is 6.75. The lowest BCUT2D eigenvalue weighted by Gasteiger charge is -2.11. The molecule has 0 spiro atoms. The minimum Gasteiger partial charge on any atom is -0.456 e. The molecule has 3 aromatic heterocycles. The number of hydrogen-bond acceptors (Lipinski definition) is 6. The topological polar surface area (TPSA) is 77.8 Å². The predicted molar refractivity (Wildman–Crippen MR) is 217 cm³/mol. The van der Waals surface area contributed by atoms with Gasteiger partial charge in [0.05, 0.1) is 5.39 Å². The summed E-state index contributed by atoms with van der Waals surface area (Å²) in [7, 11) is 0. The normalized spacial score (nSPS) is 11.7. The largest absolute Gasteiger partial charge is 0.456 e. The molecule has 11 aromatic rings. The van der Waals surface area contributed by atoms with Gasteiger partial charge >= 0.3 is 0 Å². The summed E-state index contributed by atoms with van der Waals surface area (Å²) in [6, 6.07) is 57.8. The number of fused-ring (bicyclic) bond motifs is 8. The van der Waals surface area contributed by atoms with Crippen LogP contribution >= 0.6 is 0 Å². The van der Waals surface area contributed by atoms with E-state index in [-0.39, 0.29) is 0 Å². The Morgan fingerprint density at radius 3 is 1.78 bits per heavy atom. The van der Waals surface area contributed by atoms with Crippen molar-refractivity contribution in [1.82, 2.24) is 19.9 Å². The number of benzene rings is 8. The van der Waals surface area contributed by atoms with Gasteiger partial charge in [-0.05, 0) is 75.1 Å². The molecular formula is C48H28N4O2. The molecule has 54 heavy (non-hydrogen) atoms. The molecule has 6 heteroatoms. The minimum absolute atomic E-state index is 0.573. The average molecular weight is 693 g/mol. The summed E-state index contributed by atoms with van der Waals surface area (Å²) in [4.78, 5) is 20.1. The van der Waals surface area contributed by atoms with Gasteiger partial charge in [-0.15, -0.1) is 0 Å². The molecule has 0 bridgehead atoms. The van der Waals surface area contributed by atoms with Crippen molar-refractivity contribution in [3.63, 3.8) is 0 Å². The maximum Gasteiger partial charge on any atom is 0.227 e. The summed E-state index contributed by atoms with van der Waals surface area (Å²) in [5, 5.41) is 6.33. The molecule has 0 atom stereocenters. The Morgan fingerprint density at radius 1 is 0.352 bits per heavy atom. The SMILES string of the molecule is c1ccc(-c2nc(-c3cccc(-c4cccc5ccccc45)c3)nc(-c3ccc4ccc5oc6ccc7nc(-c8ccccc8)oc7c6c5c4c3)n2)cc1. The fourth-order valence-corrected chi connectivity index (χ4v) is 7.55. The van der Waals surface area contributed by atoms with Gasteiger partial charge in [0, 0.05) is 27.6 Å². The van der Waals surface area contributed by atoms with Crippen molar-refractivity contribution in [1.29, 1.82) is 0 Å². The second kappa shape index (κ2) is 12.1. The summed E-state index contributed by atoms with van der Waals surface area (Å²) in [6.45, 7) is 0. The first-order chi connectivity index (χ1) is 26.7. The van der Waals surface area contributed by atoms with Crippen molar-refractivity contribution in [3.8, 4) is 56.7 Å². The number of hydrogen-bond donors (Lipinski definition) is 0. The molecule has 252 valence electrons. The standard InChI is InChI=1S/C48H28N4O2/c1-3-12-31(13-4-1)45-50-46(34-18-9-17-33(27-34)37-20-10-16-29-11-7-8-19-36(29)37)52-47(51-45)35-22-21-30-23-25-40-42(38(30)28-35)43-41(53-40)26-24-39-44(43)54-48(49-39)32-14-5-2-6-15-32/h1-28H. The quantitative estimate of drug-likeness (QED) is 0.179. The Labute approximate surface area is 309 Å². The molecule has 0 N–H and O–H groups in total.